The van der Waals surface area contributed by atoms with Crippen LogP contribution in [0.5, 0.6) is 5.75 Å². The zero-order valence-corrected chi connectivity index (χ0v) is 16.3. The molecule has 28 heavy (non-hydrogen) atoms. The molecule has 1 atom stereocenters. The van der Waals surface area contributed by atoms with Gasteiger partial charge in [0, 0.05) is 19.0 Å². The van der Waals surface area contributed by atoms with Crippen LogP contribution >= 0.6 is 0 Å². The summed E-state index contributed by atoms with van der Waals surface area (Å²) < 4.78 is 10.6. The van der Waals surface area contributed by atoms with Gasteiger partial charge in [0.15, 0.2) is 6.61 Å². The Bertz CT molecular complexity index is 715. The zero-order valence-electron chi connectivity index (χ0n) is 16.3. The van der Waals surface area contributed by atoms with Crippen molar-refractivity contribution in [1.82, 2.24) is 4.90 Å². The molecule has 152 valence electrons. The Balaban J connectivity index is 1.47. The van der Waals surface area contributed by atoms with E-state index in [2.05, 4.69) is 5.32 Å². The van der Waals surface area contributed by atoms with Gasteiger partial charge in [-0.2, -0.15) is 0 Å². The van der Waals surface area contributed by atoms with Crippen molar-refractivity contribution in [2.24, 2.45) is 5.92 Å². The Morgan fingerprint density at radius 1 is 1.18 bits per heavy atom. The van der Waals surface area contributed by atoms with Crippen LogP contribution in [0.1, 0.15) is 45.4 Å². The summed E-state index contributed by atoms with van der Waals surface area (Å²) in [5.41, 5.74) is 0.532. The van der Waals surface area contributed by atoms with Gasteiger partial charge in [0.25, 0.3) is 5.91 Å². The van der Waals surface area contributed by atoms with Crippen molar-refractivity contribution in [1.29, 1.82) is 0 Å². The third kappa shape index (κ3) is 5.03. The molecule has 1 heterocycles. The van der Waals surface area contributed by atoms with Gasteiger partial charge >= 0.3 is 5.97 Å². The fraction of sp³-hybridized carbons (Fsp3) is 0.571. The van der Waals surface area contributed by atoms with E-state index in [1.54, 1.807) is 18.2 Å². The summed E-state index contributed by atoms with van der Waals surface area (Å²) in [6.45, 7) is 2.36. The minimum atomic E-state index is -0.488. The van der Waals surface area contributed by atoms with Gasteiger partial charge in [0.2, 0.25) is 5.91 Å². The minimum Gasteiger partial charge on any atom is -0.492 e. The number of hydrogen-bond donors (Lipinski definition) is 1. The summed E-state index contributed by atoms with van der Waals surface area (Å²) in [6.07, 6.45) is 5.67. The lowest BCUT2D eigenvalue weighted by Crippen LogP contribution is -2.38. The largest absolute Gasteiger partial charge is 0.492 e. The van der Waals surface area contributed by atoms with Crippen LogP contribution in [0.25, 0.3) is 0 Å². The molecule has 1 aromatic carbocycles. The first-order valence-corrected chi connectivity index (χ1v) is 10.1. The fourth-order valence-electron chi connectivity index (χ4n) is 3.93. The molecule has 0 radical (unpaired) electrons. The van der Waals surface area contributed by atoms with E-state index in [4.69, 9.17) is 9.47 Å². The molecule has 1 aromatic rings. The van der Waals surface area contributed by atoms with Crippen LogP contribution in [-0.2, 0) is 19.1 Å². The smallest absolute Gasteiger partial charge is 0.311 e. The van der Waals surface area contributed by atoms with Crippen LogP contribution in [0.15, 0.2) is 24.3 Å². The minimum absolute atomic E-state index is 0.0175. The van der Waals surface area contributed by atoms with Crippen LogP contribution in [0.2, 0.25) is 0 Å². The molecule has 2 aliphatic rings. The van der Waals surface area contributed by atoms with Gasteiger partial charge in [-0.25, -0.2) is 0 Å². The van der Waals surface area contributed by atoms with E-state index in [1.807, 2.05) is 17.9 Å². The lowest BCUT2D eigenvalue weighted by molar-refractivity contribution is -0.151. The fourth-order valence-corrected chi connectivity index (χ4v) is 3.93. The van der Waals surface area contributed by atoms with E-state index in [9.17, 15) is 14.4 Å². The maximum atomic E-state index is 12.3. The van der Waals surface area contributed by atoms with E-state index < -0.39 is 17.8 Å². The number of esters is 1. The number of rotatable bonds is 7. The van der Waals surface area contributed by atoms with Gasteiger partial charge in [-0.15, -0.1) is 0 Å². The van der Waals surface area contributed by atoms with E-state index in [0.717, 1.165) is 25.7 Å². The highest BCUT2D eigenvalue weighted by Gasteiger charge is 2.39. The molecule has 0 bridgehead atoms. The predicted molar refractivity (Wildman–Crippen MR) is 104 cm³/mol. The normalized spacial score (nSPS) is 20.1. The SMILES string of the molecule is CCOc1ccccc1NC(=O)COC(=O)[C@@H]1CC(=O)N(C2CCCCC2)C1. The molecule has 2 amide bonds. The number of nitrogens with one attached hydrogen (secondary N) is 1. The van der Waals surface area contributed by atoms with Crippen molar-refractivity contribution in [3.8, 4) is 5.75 Å². The maximum absolute atomic E-state index is 12.3. The summed E-state index contributed by atoms with van der Waals surface area (Å²) in [7, 11) is 0. The third-order valence-corrected chi connectivity index (χ3v) is 5.31. The molecule has 3 rings (SSSR count). The molecular weight excluding hydrogens is 360 g/mol. The maximum Gasteiger partial charge on any atom is 0.311 e. The first-order chi connectivity index (χ1) is 13.6. The van der Waals surface area contributed by atoms with Crippen LogP contribution < -0.4 is 10.1 Å². The van der Waals surface area contributed by atoms with Crippen molar-refractivity contribution in [2.45, 2.75) is 51.5 Å². The summed E-state index contributed by atoms with van der Waals surface area (Å²) in [6, 6.07) is 7.33. The van der Waals surface area contributed by atoms with Crippen LogP contribution in [0.4, 0.5) is 5.69 Å². The first kappa shape index (κ1) is 20.2. The number of anilines is 1. The number of ether oxygens (including phenoxy) is 2. The molecule has 1 saturated heterocycles. The lowest BCUT2D eigenvalue weighted by atomic mass is 9.94. The zero-order chi connectivity index (χ0) is 19.9. The molecule has 1 N–H and O–H groups in total. The molecule has 0 spiro atoms. The lowest BCUT2D eigenvalue weighted by Gasteiger charge is -2.31. The number of likely N-dealkylation sites (tertiary alicyclic amines) is 1. The topological polar surface area (TPSA) is 84.9 Å². The summed E-state index contributed by atoms with van der Waals surface area (Å²) in [5.74, 6) is -0.829. The molecule has 7 heteroatoms. The van der Waals surface area contributed by atoms with Crippen molar-refractivity contribution < 1.29 is 23.9 Å². The van der Waals surface area contributed by atoms with Gasteiger partial charge in [-0.05, 0) is 31.9 Å². The molecule has 0 aromatic heterocycles. The van der Waals surface area contributed by atoms with Gasteiger partial charge in [0.1, 0.15) is 5.75 Å². The van der Waals surface area contributed by atoms with E-state index in [0.29, 0.717) is 24.6 Å². The second kappa shape index (κ2) is 9.57. The second-order valence-electron chi connectivity index (χ2n) is 7.32. The molecule has 0 unspecified atom stereocenters. The van der Waals surface area contributed by atoms with Crippen molar-refractivity contribution in [2.75, 3.05) is 25.1 Å². The second-order valence-corrected chi connectivity index (χ2v) is 7.32. The Kier molecular flexibility index (Phi) is 6.90. The number of nitrogens with zero attached hydrogens (tertiary/aromatic N) is 1. The predicted octanol–water partition coefficient (Wildman–Crippen LogP) is 2.75. The van der Waals surface area contributed by atoms with Gasteiger partial charge in [0.05, 0.1) is 18.2 Å². The average Bonchev–Trinajstić information content (AvgIpc) is 3.10. The standard InChI is InChI=1S/C21H28N2O5/c1-2-27-18-11-7-6-10-17(18)22-19(24)14-28-21(26)15-12-20(25)23(13-15)16-8-4-3-5-9-16/h6-7,10-11,15-16H,2-5,8-9,12-14H2,1H3,(H,22,24)/t15-/m1/s1. The van der Waals surface area contributed by atoms with Gasteiger partial charge in [-0.1, -0.05) is 31.4 Å². The quantitative estimate of drug-likeness (QED) is 0.726. The molecule has 1 aliphatic carbocycles. The molecule has 2 fully saturated rings. The van der Waals surface area contributed by atoms with Crippen molar-refractivity contribution in [3.63, 3.8) is 0 Å². The average molecular weight is 388 g/mol. The van der Waals surface area contributed by atoms with Gasteiger partial charge in [-0.3, -0.25) is 14.4 Å². The number of carbonyl (C=O) groups is 3. The summed E-state index contributed by atoms with van der Waals surface area (Å²) >= 11 is 0. The van der Waals surface area contributed by atoms with Crippen LogP contribution in [-0.4, -0.2) is 48.5 Å². The number of carbonyl (C=O) groups excluding carboxylic acids is 3. The number of hydrogen-bond acceptors (Lipinski definition) is 5. The first-order valence-electron chi connectivity index (χ1n) is 10.1. The highest BCUT2D eigenvalue weighted by atomic mass is 16.5. The molecule has 7 nitrogen and oxygen atoms in total. The molecular formula is C21H28N2O5. The monoisotopic (exact) mass is 388 g/mol. The van der Waals surface area contributed by atoms with E-state index >= 15 is 0 Å². The highest BCUT2D eigenvalue weighted by molar-refractivity contribution is 5.94. The Morgan fingerprint density at radius 3 is 2.68 bits per heavy atom. The Hall–Kier alpha value is -2.57. The third-order valence-electron chi connectivity index (χ3n) is 5.31. The molecule has 1 aliphatic heterocycles. The summed E-state index contributed by atoms with van der Waals surface area (Å²) in [4.78, 5) is 38.6. The van der Waals surface area contributed by atoms with Crippen molar-refractivity contribution >= 4 is 23.5 Å². The Morgan fingerprint density at radius 2 is 1.93 bits per heavy atom. The number of amides is 2. The highest BCUT2D eigenvalue weighted by Crippen LogP contribution is 2.29. The van der Waals surface area contributed by atoms with Gasteiger partial charge < -0.3 is 19.7 Å². The Labute approximate surface area is 165 Å². The van der Waals surface area contributed by atoms with E-state index in [-0.39, 0.29) is 25.0 Å². The van der Waals surface area contributed by atoms with Crippen LogP contribution in [0.3, 0.4) is 0 Å². The number of benzene rings is 1. The van der Waals surface area contributed by atoms with Crippen molar-refractivity contribution in [3.05, 3.63) is 24.3 Å². The molecule has 1 saturated carbocycles. The van der Waals surface area contributed by atoms with Crippen LogP contribution in [0, 0.1) is 5.92 Å². The number of para-hydroxylation sites is 2. The van der Waals surface area contributed by atoms with E-state index in [1.165, 1.54) is 6.42 Å². The summed E-state index contributed by atoms with van der Waals surface area (Å²) in [5, 5.41) is 2.69.